The van der Waals surface area contributed by atoms with Gasteiger partial charge in [0.25, 0.3) is 0 Å². The van der Waals surface area contributed by atoms with Crippen molar-refractivity contribution < 1.29 is 24.2 Å². The van der Waals surface area contributed by atoms with Crippen LogP contribution in [0.1, 0.15) is 141 Å². The Hall–Kier alpha value is -0.747. The molecular weight excluding hydrogens is 667 g/mol. The molecule has 5 saturated carbocycles. The van der Waals surface area contributed by atoms with Crippen LogP contribution in [0.4, 0.5) is 0 Å². The van der Waals surface area contributed by atoms with Crippen molar-refractivity contribution in [1.82, 2.24) is 0 Å². The van der Waals surface area contributed by atoms with Gasteiger partial charge >= 0.3 is 59.5 Å². The van der Waals surface area contributed by atoms with Crippen LogP contribution in [-0.2, 0) is 41.5 Å². The van der Waals surface area contributed by atoms with Crippen LogP contribution in [0.2, 0.25) is 0 Å². The summed E-state index contributed by atoms with van der Waals surface area (Å²) < 4.78 is 1.80. The van der Waals surface area contributed by atoms with Crippen molar-refractivity contribution in [2.75, 3.05) is 0 Å². The fourth-order valence-corrected chi connectivity index (χ4v) is 10.1. The maximum atomic E-state index is 3.67. The maximum absolute atomic E-state index is 3.67. The Morgan fingerprint density at radius 3 is 1.84 bits per heavy atom. The molecule has 0 spiro atoms. The molecule has 0 heterocycles. The van der Waals surface area contributed by atoms with E-state index < -0.39 is 0 Å². The van der Waals surface area contributed by atoms with E-state index in [1.165, 1.54) is 84.7 Å². The van der Waals surface area contributed by atoms with Gasteiger partial charge in [-0.25, -0.2) is 11.6 Å². The summed E-state index contributed by atoms with van der Waals surface area (Å²) >= 11 is 1.69. The molecular formula is C42H56Cl2Zr. The normalized spacial score (nSPS) is 27.2. The van der Waals surface area contributed by atoms with Gasteiger partial charge in [-0.05, 0) is 90.1 Å². The van der Waals surface area contributed by atoms with Gasteiger partial charge in [0.1, 0.15) is 0 Å². The van der Waals surface area contributed by atoms with Crippen LogP contribution in [0, 0.1) is 35.3 Å². The van der Waals surface area contributed by atoms with Crippen LogP contribution < -0.4 is 0 Å². The average Bonchev–Trinajstić information content (AvgIpc) is 3.61. The molecule has 0 unspecified atom stereocenters. The molecule has 0 aliphatic heterocycles. The summed E-state index contributed by atoms with van der Waals surface area (Å²) in [4.78, 5) is 0. The molecule has 4 bridgehead atoms. The van der Waals surface area contributed by atoms with E-state index in [1.807, 2.05) is 0 Å². The molecule has 0 saturated heterocycles. The molecule has 2 aromatic rings. The van der Waals surface area contributed by atoms with Crippen molar-refractivity contribution in [2.45, 2.75) is 136 Å². The van der Waals surface area contributed by atoms with Gasteiger partial charge in [0.15, 0.2) is 0 Å². The van der Waals surface area contributed by atoms with Crippen LogP contribution in [0.5, 0.6) is 0 Å². The van der Waals surface area contributed by atoms with Gasteiger partial charge in [-0.15, -0.1) is 42.4 Å². The first kappa shape index (κ1) is 37.1. The van der Waals surface area contributed by atoms with Gasteiger partial charge in [0.05, 0.1) is 0 Å². The molecule has 2 aromatic carbocycles. The van der Waals surface area contributed by atoms with Crippen molar-refractivity contribution in [3.63, 3.8) is 0 Å². The predicted octanol–water partition coefficient (Wildman–Crippen LogP) is 12.1. The van der Waals surface area contributed by atoms with Crippen LogP contribution in [-0.4, -0.2) is 3.21 Å². The van der Waals surface area contributed by atoms with Crippen molar-refractivity contribution in [2.24, 2.45) is 23.2 Å². The first-order valence-corrected chi connectivity index (χ1v) is 18.7. The summed E-state index contributed by atoms with van der Waals surface area (Å²) in [6.07, 6.45) is 26.9. The zero-order chi connectivity index (χ0) is 30.4. The van der Waals surface area contributed by atoms with E-state index in [9.17, 15) is 0 Å². The fraction of sp³-hybridized carbons (Fsp3) is 0.595. The Kier molecular flexibility index (Phi) is 12.2. The molecule has 0 amide bonds. The van der Waals surface area contributed by atoms with Crippen molar-refractivity contribution in [1.29, 1.82) is 0 Å². The molecule has 3 heteroatoms. The Balaban J connectivity index is 0.000000167. The predicted molar refractivity (Wildman–Crippen MR) is 195 cm³/mol. The Morgan fingerprint density at radius 1 is 0.756 bits per heavy atom. The first-order chi connectivity index (χ1) is 20.4. The minimum absolute atomic E-state index is 0. The standard InChI is InChI=1S/C21H25.C15H19.C6H10.2ClH.Zr/c1-20(2,3)16-7-9-18-14(12-16)11-15-13-17(21(4,5)6)8-10-19(15)18;1-2-4-14(3-1)15-8-11-5-12(9-15)7-13(6-11)10-15;1-2-4-6-5-3-1;;;/h7-10,12H,11H2,1-6H3;1,3,11-13H,2,5-10H2;1-5H2;2*1H;/q2*-1;;;;+2. The molecule has 0 aromatic heterocycles. The second-order valence-electron chi connectivity index (χ2n) is 16.9. The third kappa shape index (κ3) is 8.46. The Bertz CT molecular complexity index is 1310. The summed E-state index contributed by atoms with van der Waals surface area (Å²) in [5, 5.41) is 0. The van der Waals surface area contributed by atoms with Gasteiger partial charge in [0, 0.05) is 0 Å². The van der Waals surface area contributed by atoms with Crippen LogP contribution in [0.15, 0.2) is 48.1 Å². The molecule has 0 nitrogen and oxygen atoms in total. The molecule has 0 atom stereocenters. The Morgan fingerprint density at radius 2 is 1.36 bits per heavy atom. The second-order valence-corrected chi connectivity index (χ2v) is 18.6. The fourth-order valence-electron chi connectivity index (χ4n) is 9.22. The SMILES string of the molecule is CC(C)(C)c1[c-]c2c(cc1)-c1ccc(C(C)(C)C)cc1C2.Cl.Cl.[C-]1=C(C23CC4CC(CC(C4)C2)C3)C=CC1.[Zr+2]=[C]1CCCCC1. The summed E-state index contributed by atoms with van der Waals surface area (Å²) in [6.45, 7) is 13.6. The van der Waals surface area contributed by atoms with Gasteiger partial charge in [-0.3, -0.25) is 6.08 Å². The summed E-state index contributed by atoms with van der Waals surface area (Å²) in [6, 6.07) is 15.2. The average molecular weight is 723 g/mol. The number of fused-ring (bicyclic) bond motifs is 3. The zero-order valence-corrected chi connectivity index (χ0v) is 32.9. The number of hydrogen-bond acceptors (Lipinski definition) is 0. The van der Waals surface area contributed by atoms with Gasteiger partial charge in [0.2, 0.25) is 0 Å². The molecule has 7 aliphatic carbocycles. The third-order valence-corrected chi connectivity index (χ3v) is 12.5. The summed E-state index contributed by atoms with van der Waals surface area (Å²) in [5.41, 5.74) is 10.9. The van der Waals surface area contributed by atoms with E-state index in [1.54, 1.807) is 52.3 Å². The molecule has 242 valence electrons. The number of benzene rings is 2. The summed E-state index contributed by atoms with van der Waals surface area (Å²) in [7, 11) is 0. The monoisotopic (exact) mass is 720 g/mol. The topological polar surface area (TPSA) is 0 Å². The minimum atomic E-state index is 0. The molecule has 0 N–H and O–H groups in total. The number of allylic oxidation sites excluding steroid dienone is 4. The molecule has 7 aliphatic rings. The first-order valence-electron chi connectivity index (χ1n) is 17.4. The van der Waals surface area contributed by atoms with E-state index >= 15 is 0 Å². The van der Waals surface area contributed by atoms with Gasteiger partial charge in [-0.1, -0.05) is 65.3 Å². The molecule has 0 radical (unpaired) electrons. The van der Waals surface area contributed by atoms with Gasteiger partial charge in [-0.2, -0.15) is 29.8 Å². The number of hydrogen-bond donors (Lipinski definition) is 0. The zero-order valence-electron chi connectivity index (χ0n) is 28.8. The second kappa shape index (κ2) is 14.8. The van der Waals surface area contributed by atoms with Crippen molar-refractivity contribution in [3.8, 4) is 11.1 Å². The van der Waals surface area contributed by atoms with E-state index in [0.29, 0.717) is 5.41 Å². The van der Waals surface area contributed by atoms with Crippen LogP contribution in [0.25, 0.3) is 11.1 Å². The summed E-state index contributed by atoms with van der Waals surface area (Å²) in [5.74, 6) is 3.21. The Labute approximate surface area is 302 Å². The van der Waals surface area contributed by atoms with Crippen LogP contribution in [0.3, 0.4) is 0 Å². The van der Waals surface area contributed by atoms with Gasteiger partial charge < -0.3 is 0 Å². The molecule has 9 rings (SSSR count). The number of halogens is 2. The van der Waals surface area contributed by atoms with Crippen molar-refractivity contribution >= 4 is 28.0 Å². The molecule has 5 fully saturated rings. The number of rotatable bonds is 1. The third-order valence-electron chi connectivity index (χ3n) is 11.2. The van der Waals surface area contributed by atoms with Crippen molar-refractivity contribution in [3.05, 3.63) is 82.5 Å². The molecule has 45 heavy (non-hydrogen) atoms. The van der Waals surface area contributed by atoms with E-state index in [-0.39, 0.29) is 35.6 Å². The quantitative estimate of drug-likeness (QED) is 0.219. The van der Waals surface area contributed by atoms with E-state index in [2.05, 4.69) is 96.2 Å². The van der Waals surface area contributed by atoms with E-state index in [4.69, 9.17) is 0 Å². The van der Waals surface area contributed by atoms with E-state index in [0.717, 1.165) is 30.6 Å². The van der Waals surface area contributed by atoms with Crippen LogP contribution >= 0.6 is 24.8 Å².